The molecular formula is C13H19NO. The Balaban J connectivity index is 2.71. The van der Waals surface area contributed by atoms with Crippen molar-refractivity contribution < 1.29 is 4.74 Å². The number of hydrogen-bond donors (Lipinski definition) is 1. The van der Waals surface area contributed by atoms with Crippen molar-refractivity contribution in [1.29, 1.82) is 0 Å². The van der Waals surface area contributed by atoms with E-state index >= 15 is 0 Å². The largest absolute Gasteiger partial charge is 0.493 e. The zero-order valence-electron chi connectivity index (χ0n) is 9.55. The first-order valence-corrected chi connectivity index (χ1v) is 5.25. The minimum absolute atomic E-state index is 0.698. The fourth-order valence-corrected chi connectivity index (χ4v) is 1.43. The smallest absolute Gasteiger partial charge is 0.123 e. The highest BCUT2D eigenvalue weighted by Gasteiger charge is 2.02. The molecule has 0 heterocycles. The maximum absolute atomic E-state index is 5.67. The van der Waals surface area contributed by atoms with Crippen molar-refractivity contribution in [3.63, 3.8) is 0 Å². The fourth-order valence-electron chi connectivity index (χ4n) is 1.43. The Labute approximate surface area is 92.0 Å². The molecule has 2 heteroatoms. The van der Waals surface area contributed by atoms with Crippen LogP contribution in [0.2, 0.25) is 0 Å². The van der Waals surface area contributed by atoms with E-state index in [0.29, 0.717) is 6.61 Å². The third-order valence-electron chi connectivity index (χ3n) is 2.16. The summed E-state index contributed by atoms with van der Waals surface area (Å²) >= 11 is 0. The SMILES string of the molecule is C=CCCOc1ccc(C)cc1CNC. The minimum atomic E-state index is 0.698. The van der Waals surface area contributed by atoms with Gasteiger partial charge in [0.25, 0.3) is 0 Å². The highest BCUT2D eigenvalue weighted by atomic mass is 16.5. The molecule has 0 amide bonds. The van der Waals surface area contributed by atoms with Crippen molar-refractivity contribution in [2.45, 2.75) is 19.9 Å². The van der Waals surface area contributed by atoms with E-state index in [1.165, 1.54) is 11.1 Å². The van der Waals surface area contributed by atoms with Gasteiger partial charge in [0.05, 0.1) is 6.61 Å². The first-order chi connectivity index (χ1) is 7.27. The van der Waals surface area contributed by atoms with Gasteiger partial charge in [-0.25, -0.2) is 0 Å². The summed E-state index contributed by atoms with van der Waals surface area (Å²) in [7, 11) is 1.94. The van der Waals surface area contributed by atoms with Crippen molar-refractivity contribution in [3.05, 3.63) is 42.0 Å². The van der Waals surface area contributed by atoms with Crippen molar-refractivity contribution in [2.24, 2.45) is 0 Å². The third kappa shape index (κ3) is 3.76. The molecule has 0 aliphatic rings. The molecule has 1 rings (SSSR count). The normalized spacial score (nSPS) is 10.0. The predicted octanol–water partition coefficient (Wildman–Crippen LogP) is 2.67. The fraction of sp³-hybridized carbons (Fsp3) is 0.385. The minimum Gasteiger partial charge on any atom is -0.493 e. The van der Waals surface area contributed by atoms with Crippen LogP contribution in [-0.4, -0.2) is 13.7 Å². The summed E-state index contributed by atoms with van der Waals surface area (Å²) in [6, 6.07) is 6.26. The molecule has 0 unspecified atom stereocenters. The van der Waals surface area contributed by atoms with Crippen LogP contribution in [0.3, 0.4) is 0 Å². The van der Waals surface area contributed by atoms with Crippen LogP contribution in [0.5, 0.6) is 5.75 Å². The summed E-state index contributed by atoms with van der Waals surface area (Å²) in [6.07, 6.45) is 2.75. The van der Waals surface area contributed by atoms with E-state index in [1.54, 1.807) is 0 Å². The molecule has 0 aliphatic carbocycles. The molecule has 0 fully saturated rings. The summed E-state index contributed by atoms with van der Waals surface area (Å²) in [5.41, 5.74) is 2.47. The van der Waals surface area contributed by atoms with Gasteiger partial charge in [0, 0.05) is 12.1 Å². The van der Waals surface area contributed by atoms with Crippen LogP contribution in [-0.2, 0) is 6.54 Å². The first-order valence-electron chi connectivity index (χ1n) is 5.25. The highest BCUT2D eigenvalue weighted by molar-refractivity contribution is 5.36. The Bertz CT molecular complexity index is 320. The van der Waals surface area contributed by atoms with Crippen LogP contribution < -0.4 is 10.1 Å². The lowest BCUT2D eigenvalue weighted by atomic mass is 10.1. The molecule has 82 valence electrons. The lowest BCUT2D eigenvalue weighted by Gasteiger charge is -2.11. The number of aryl methyl sites for hydroxylation is 1. The van der Waals surface area contributed by atoms with Crippen LogP contribution in [0, 0.1) is 6.92 Å². The average molecular weight is 205 g/mol. The van der Waals surface area contributed by atoms with Crippen molar-refractivity contribution >= 4 is 0 Å². The van der Waals surface area contributed by atoms with E-state index in [-0.39, 0.29) is 0 Å². The zero-order chi connectivity index (χ0) is 11.1. The second kappa shape index (κ2) is 6.25. The van der Waals surface area contributed by atoms with Gasteiger partial charge < -0.3 is 10.1 Å². The van der Waals surface area contributed by atoms with Crippen LogP contribution in [0.4, 0.5) is 0 Å². The Morgan fingerprint density at radius 2 is 2.27 bits per heavy atom. The second-order valence-corrected chi connectivity index (χ2v) is 3.57. The summed E-state index contributed by atoms with van der Waals surface area (Å²) in [5.74, 6) is 0.969. The summed E-state index contributed by atoms with van der Waals surface area (Å²) in [5, 5.41) is 3.14. The van der Waals surface area contributed by atoms with Gasteiger partial charge in [-0.2, -0.15) is 0 Å². The van der Waals surface area contributed by atoms with E-state index in [1.807, 2.05) is 19.2 Å². The van der Waals surface area contributed by atoms with E-state index in [0.717, 1.165) is 18.7 Å². The molecule has 0 aliphatic heterocycles. The van der Waals surface area contributed by atoms with Crippen LogP contribution >= 0.6 is 0 Å². The van der Waals surface area contributed by atoms with Gasteiger partial charge in [-0.15, -0.1) is 6.58 Å². The van der Waals surface area contributed by atoms with Crippen molar-refractivity contribution in [3.8, 4) is 5.75 Å². The molecule has 0 saturated heterocycles. The molecule has 1 aromatic carbocycles. The van der Waals surface area contributed by atoms with Gasteiger partial charge in [-0.05, 0) is 26.5 Å². The summed E-state index contributed by atoms with van der Waals surface area (Å²) in [6.45, 7) is 7.30. The molecule has 0 bridgehead atoms. The lowest BCUT2D eigenvalue weighted by Crippen LogP contribution is -2.08. The van der Waals surface area contributed by atoms with E-state index in [4.69, 9.17) is 4.74 Å². The van der Waals surface area contributed by atoms with E-state index in [2.05, 4.69) is 31.0 Å². The molecule has 15 heavy (non-hydrogen) atoms. The average Bonchev–Trinajstić information content (AvgIpc) is 2.22. The molecule has 0 saturated carbocycles. The zero-order valence-corrected chi connectivity index (χ0v) is 9.55. The number of nitrogens with one attached hydrogen (secondary N) is 1. The maximum Gasteiger partial charge on any atom is 0.123 e. The molecule has 2 nitrogen and oxygen atoms in total. The van der Waals surface area contributed by atoms with Gasteiger partial charge >= 0.3 is 0 Å². The first kappa shape index (κ1) is 11.8. The van der Waals surface area contributed by atoms with Gasteiger partial charge in [0.2, 0.25) is 0 Å². The number of hydrogen-bond acceptors (Lipinski definition) is 2. The highest BCUT2D eigenvalue weighted by Crippen LogP contribution is 2.20. The van der Waals surface area contributed by atoms with Crippen LogP contribution in [0.15, 0.2) is 30.9 Å². The molecule has 1 N–H and O–H groups in total. The Hall–Kier alpha value is -1.28. The summed E-state index contributed by atoms with van der Waals surface area (Å²) in [4.78, 5) is 0. The Morgan fingerprint density at radius 1 is 1.47 bits per heavy atom. The molecule has 0 atom stereocenters. The Morgan fingerprint density at radius 3 is 2.93 bits per heavy atom. The lowest BCUT2D eigenvalue weighted by molar-refractivity contribution is 0.321. The van der Waals surface area contributed by atoms with Crippen molar-refractivity contribution in [1.82, 2.24) is 5.32 Å². The number of benzene rings is 1. The molecule has 0 spiro atoms. The molecule has 1 aromatic rings. The maximum atomic E-state index is 5.67. The quantitative estimate of drug-likeness (QED) is 0.569. The standard InChI is InChI=1S/C13H19NO/c1-4-5-8-15-13-7-6-11(2)9-12(13)10-14-3/h4,6-7,9,14H,1,5,8,10H2,2-3H3. The van der Waals surface area contributed by atoms with Crippen molar-refractivity contribution in [2.75, 3.05) is 13.7 Å². The van der Waals surface area contributed by atoms with E-state index < -0.39 is 0 Å². The second-order valence-electron chi connectivity index (χ2n) is 3.57. The number of ether oxygens (including phenoxy) is 1. The predicted molar refractivity (Wildman–Crippen MR) is 64.3 cm³/mol. The molecular weight excluding hydrogens is 186 g/mol. The van der Waals surface area contributed by atoms with Gasteiger partial charge in [0.15, 0.2) is 0 Å². The monoisotopic (exact) mass is 205 g/mol. The number of rotatable bonds is 6. The molecule has 0 radical (unpaired) electrons. The van der Waals surface area contributed by atoms with Gasteiger partial charge in [0.1, 0.15) is 5.75 Å². The summed E-state index contributed by atoms with van der Waals surface area (Å²) < 4.78 is 5.67. The van der Waals surface area contributed by atoms with Gasteiger partial charge in [-0.3, -0.25) is 0 Å². The third-order valence-corrected chi connectivity index (χ3v) is 2.16. The van der Waals surface area contributed by atoms with E-state index in [9.17, 15) is 0 Å². The Kier molecular flexibility index (Phi) is 4.91. The topological polar surface area (TPSA) is 21.3 Å². The van der Waals surface area contributed by atoms with Gasteiger partial charge in [-0.1, -0.05) is 23.8 Å². The molecule has 0 aromatic heterocycles. The van der Waals surface area contributed by atoms with Crippen LogP contribution in [0.1, 0.15) is 17.5 Å². The van der Waals surface area contributed by atoms with Crippen LogP contribution in [0.25, 0.3) is 0 Å².